The normalized spacial score (nSPS) is 12.0. The lowest BCUT2D eigenvalue weighted by molar-refractivity contribution is 0.363. The average molecular weight is 267 g/mol. The van der Waals surface area contributed by atoms with Gasteiger partial charge in [-0.25, -0.2) is 0 Å². The van der Waals surface area contributed by atoms with E-state index in [1.807, 2.05) is 42.5 Å². The summed E-state index contributed by atoms with van der Waals surface area (Å²) in [6.45, 7) is 2.69. The van der Waals surface area contributed by atoms with Crippen molar-refractivity contribution in [3.63, 3.8) is 0 Å². The van der Waals surface area contributed by atoms with E-state index < -0.39 is 0 Å². The Hall–Kier alpha value is -1.02. The van der Waals surface area contributed by atoms with Crippen LogP contribution in [0.3, 0.4) is 0 Å². The van der Waals surface area contributed by atoms with Gasteiger partial charge < -0.3 is 4.74 Å². The summed E-state index contributed by atoms with van der Waals surface area (Å²) in [5.41, 5.74) is 0. The van der Waals surface area contributed by atoms with Crippen molar-refractivity contribution >= 4 is 15.9 Å². The number of rotatable bonds is 5. The summed E-state index contributed by atoms with van der Waals surface area (Å²) in [7, 11) is 0. The molecule has 1 nitrogen and oxygen atoms in total. The molecule has 1 aromatic carbocycles. The quantitative estimate of drug-likeness (QED) is 0.722. The van der Waals surface area contributed by atoms with Crippen LogP contribution in [-0.4, -0.2) is 6.61 Å². The van der Waals surface area contributed by atoms with Gasteiger partial charge in [-0.1, -0.05) is 53.2 Å². The topological polar surface area (TPSA) is 9.23 Å². The Morgan fingerprint density at radius 1 is 1.33 bits per heavy atom. The van der Waals surface area contributed by atoms with Gasteiger partial charge in [0.05, 0.1) is 0 Å². The zero-order valence-corrected chi connectivity index (χ0v) is 10.4. The molecular weight excluding hydrogens is 252 g/mol. The van der Waals surface area contributed by atoms with Crippen molar-refractivity contribution in [2.75, 3.05) is 6.61 Å². The molecule has 0 aliphatic carbocycles. The fraction of sp³-hybridized carbons (Fsp3) is 0.231. The zero-order chi connectivity index (χ0) is 10.9. The Morgan fingerprint density at radius 3 is 2.73 bits per heavy atom. The van der Waals surface area contributed by atoms with Crippen LogP contribution in [0.15, 0.2) is 53.0 Å². The summed E-state index contributed by atoms with van der Waals surface area (Å²) < 4.78 is 6.57. The van der Waals surface area contributed by atoms with Gasteiger partial charge in [0.25, 0.3) is 0 Å². The third-order valence-electron chi connectivity index (χ3n) is 1.78. The molecule has 0 aromatic heterocycles. The van der Waals surface area contributed by atoms with Crippen molar-refractivity contribution in [3.8, 4) is 5.75 Å². The lowest BCUT2D eigenvalue weighted by atomic mass is 10.3. The van der Waals surface area contributed by atoms with Gasteiger partial charge in [0.15, 0.2) is 0 Å². The van der Waals surface area contributed by atoms with Crippen molar-refractivity contribution in [2.45, 2.75) is 13.3 Å². The van der Waals surface area contributed by atoms with Gasteiger partial charge in [0.2, 0.25) is 0 Å². The summed E-state index contributed by atoms with van der Waals surface area (Å²) in [5.74, 6) is 0.897. The number of hydrogen-bond acceptors (Lipinski definition) is 1. The summed E-state index contributed by atoms with van der Waals surface area (Å²) in [4.78, 5) is 0. The molecule has 0 heterocycles. The van der Waals surface area contributed by atoms with Crippen LogP contribution < -0.4 is 4.74 Å². The maximum atomic E-state index is 5.52. The minimum absolute atomic E-state index is 0.582. The first-order chi connectivity index (χ1) is 7.33. The van der Waals surface area contributed by atoms with Crippen molar-refractivity contribution in [2.24, 2.45) is 0 Å². The van der Waals surface area contributed by atoms with Crippen LogP contribution >= 0.6 is 15.9 Å². The van der Waals surface area contributed by atoms with Crippen molar-refractivity contribution in [1.29, 1.82) is 0 Å². The van der Waals surface area contributed by atoms with E-state index in [-0.39, 0.29) is 0 Å². The van der Waals surface area contributed by atoms with Crippen LogP contribution in [0.4, 0.5) is 0 Å². The molecule has 0 unspecified atom stereocenters. The minimum Gasteiger partial charge on any atom is -0.489 e. The summed E-state index contributed by atoms with van der Waals surface area (Å²) >= 11 is 3.45. The smallest absolute Gasteiger partial charge is 0.119 e. The molecule has 0 saturated heterocycles. The predicted octanol–water partition coefficient (Wildman–Crippen LogP) is 4.31. The van der Waals surface area contributed by atoms with Gasteiger partial charge in [-0.15, -0.1) is 0 Å². The summed E-state index contributed by atoms with van der Waals surface area (Å²) in [6.07, 6.45) is 7.18. The highest BCUT2D eigenvalue weighted by Gasteiger charge is 1.89. The van der Waals surface area contributed by atoms with E-state index in [1.165, 1.54) is 0 Å². The van der Waals surface area contributed by atoms with E-state index >= 15 is 0 Å². The highest BCUT2D eigenvalue weighted by atomic mass is 79.9. The average Bonchev–Trinajstić information content (AvgIpc) is 2.28. The molecule has 0 saturated carbocycles. The van der Waals surface area contributed by atoms with E-state index in [9.17, 15) is 0 Å². The van der Waals surface area contributed by atoms with Crippen molar-refractivity contribution in [3.05, 3.63) is 53.0 Å². The van der Waals surface area contributed by atoms with E-state index in [0.717, 1.165) is 16.7 Å². The molecule has 2 heteroatoms. The Bertz CT molecular complexity index is 328. The monoisotopic (exact) mass is 266 g/mol. The van der Waals surface area contributed by atoms with Crippen LogP contribution in [0.2, 0.25) is 0 Å². The van der Waals surface area contributed by atoms with Crippen LogP contribution in [0.25, 0.3) is 0 Å². The van der Waals surface area contributed by atoms with Crippen LogP contribution in [-0.2, 0) is 0 Å². The minimum atomic E-state index is 0.582. The molecule has 0 fully saturated rings. The fourth-order valence-electron chi connectivity index (χ4n) is 1.03. The Labute approximate surface area is 99.6 Å². The second-order valence-corrected chi connectivity index (χ2v) is 3.94. The van der Waals surface area contributed by atoms with Gasteiger partial charge in [0, 0.05) is 4.48 Å². The molecule has 0 aliphatic rings. The van der Waals surface area contributed by atoms with E-state index in [1.54, 1.807) is 0 Å². The third-order valence-corrected chi connectivity index (χ3v) is 2.37. The molecule has 0 aliphatic heterocycles. The number of allylic oxidation sites excluding steroid dienone is 3. The molecule has 0 bridgehead atoms. The van der Waals surface area contributed by atoms with Crippen molar-refractivity contribution in [1.82, 2.24) is 0 Å². The number of halogens is 1. The maximum absolute atomic E-state index is 5.52. The Kier molecular flexibility index (Phi) is 5.86. The molecule has 0 N–H and O–H groups in total. The molecule has 0 amide bonds. The van der Waals surface area contributed by atoms with Crippen LogP contribution in [0.5, 0.6) is 5.75 Å². The molecule has 1 aromatic rings. The number of para-hydroxylation sites is 1. The standard InChI is InChI=1S/C13H15BrO/c1-2-3-7-12(14)10-11-15-13-8-5-4-6-9-13/h3-10H,2,11H2,1H3/b7-3-,12-10+. The fourth-order valence-corrected chi connectivity index (χ4v) is 1.35. The molecular formula is C13H15BrO. The summed E-state index contributed by atoms with van der Waals surface area (Å²) in [5, 5.41) is 0. The second-order valence-electron chi connectivity index (χ2n) is 3.02. The summed E-state index contributed by atoms with van der Waals surface area (Å²) in [6, 6.07) is 9.80. The highest BCUT2D eigenvalue weighted by molar-refractivity contribution is 9.11. The first-order valence-electron chi connectivity index (χ1n) is 5.03. The number of benzene rings is 1. The maximum Gasteiger partial charge on any atom is 0.119 e. The van der Waals surface area contributed by atoms with Gasteiger partial charge in [-0.3, -0.25) is 0 Å². The molecule has 80 valence electrons. The Morgan fingerprint density at radius 2 is 2.07 bits per heavy atom. The second kappa shape index (κ2) is 7.30. The first-order valence-corrected chi connectivity index (χ1v) is 5.82. The number of ether oxygens (including phenoxy) is 1. The van der Waals surface area contributed by atoms with Gasteiger partial charge >= 0.3 is 0 Å². The molecule has 1 rings (SSSR count). The lowest BCUT2D eigenvalue weighted by Crippen LogP contribution is -1.92. The van der Waals surface area contributed by atoms with E-state index in [0.29, 0.717) is 6.61 Å². The zero-order valence-electron chi connectivity index (χ0n) is 8.82. The van der Waals surface area contributed by atoms with Gasteiger partial charge in [0.1, 0.15) is 12.4 Å². The Balaban J connectivity index is 2.35. The van der Waals surface area contributed by atoms with Crippen LogP contribution in [0.1, 0.15) is 13.3 Å². The largest absolute Gasteiger partial charge is 0.489 e. The highest BCUT2D eigenvalue weighted by Crippen LogP contribution is 2.10. The molecule has 15 heavy (non-hydrogen) atoms. The molecule has 0 spiro atoms. The van der Waals surface area contributed by atoms with E-state index in [4.69, 9.17) is 4.74 Å². The van der Waals surface area contributed by atoms with Crippen LogP contribution in [0, 0.1) is 0 Å². The molecule has 0 radical (unpaired) electrons. The SMILES string of the molecule is CC/C=C\C(Br)=C/COc1ccccc1. The van der Waals surface area contributed by atoms with Crippen molar-refractivity contribution < 1.29 is 4.74 Å². The lowest BCUT2D eigenvalue weighted by Gasteiger charge is -2.01. The van der Waals surface area contributed by atoms with Gasteiger partial charge in [-0.05, 0) is 24.6 Å². The third kappa shape index (κ3) is 5.43. The predicted molar refractivity (Wildman–Crippen MR) is 68.4 cm³/mol. The number of hydrogen-bond donors (Lipinski definition) is 0. The van der Waals surface area contributed by atoms with Gasteiger partial charge in [-0.2, -0.15) is 0 Å². The molecule has 0 atom stereocenters. The first kappa shape index (κ1) is 12.1. The van der Waals surface area contributed by atoms with E-state index in [2.05, 4.69) is 28.9 Å².